The van der Waals surface area contributed by atoms with Crippen LogP contribution in [0.25, 0.3) is 0 Å². The molecule has 0 unspecified atom stereocenters. The Bertz CT molecular complexity index is 599. The zero-order valence-electron chi connectivity index (χ0n) is 11.9. The van der Waals surface area contributed by atoms with E-state index < -0.39 is 0 Å². The summed E-state index contributed by atoms with van der Waals surface area (Å²) >= 11 is 5.93. The van der Waals surface area contributed by atoms with Crippen molar-refractivity contribution in [3.63, 3.8) is 0 Å². The number of rotatable bonds is 5. The first-order valence-corrected chi connectivity index (χ1v) is 7.39. The number of aryl methyl sites for hydroxylation is 2. The molecule has 1 nitrogen and oxygen atoms in total. The SMILES string of the molecule is CCCCc1ccc(C(=O)c2ccc(Cl)cc2C)cc1. The van der Waals surface area contributed by atoms with E-state index in [-0.39, 0.29) is 5.78 Å². The van der Waals surface area contributed by atoms with E-state index in [9.17, 15) is 4.79 Å². The Labute approximate surface area is 125 Å². The Morgan fingerprint density at radius 2 is 1.80 bits per heavy atom. The fourth-order valence-electron chi connectivity index (χ4n) is 2.24. The van der Waals surface area contributed by atoms with E-state index in [1.165, 1.54) is 18.4 Å². The molecule has 20 heavy (non-hydrogen) atoms. The van der Waals surface area contributed by atoms with Crippen molar-refractivity contribution in [3.05, 3.63) is 69.7 Å². The molecule has 0 aliphatic carbocycles. The molecule has 0 heterocycles. The quantitative estimate of drug-likeness (QED) is 0.689. The smallest absolute Gasteiger partial charge is 0.193 e. The molecule has 0 radical (unpaired) electrons. The number of carbonyl (C=O) groups excluding carboxylic acids is 1. The number of carbonyl (C=O) groups is 1. The zero-order valence-corrected chi connectivity index (χ0v) is 12.7. The van der Waals surface area contributed by atoms with E-state index >= 15 is 0 Å². The Kier molecular flexibility index (Phi) is 4.97. The number of unbranched alkanes of at least 4 members (excludes halogenated alkanes) is 1. The summed E-state index contributed by atoms with van der Waals surface area (Å²) in [5.41, 5.74) is 3.65. The molecular formula is C18H19ClO. The van der Waals surface area contributed by atoms with Gasteiger partial charge in [0.2, 0.25) is 0 Å². The van der Waals surface area contributed by atoms with Crippen molar-refractivity contribution < 1.29 is 4.79 Å². The summed E-state index contributed by atoms with van der Waals surface area (Å²) in [6, 6.07) is 13.3. The van der Waals surface area contributed by atoms with Crippen molar-refractivity contribution in [3.8, 4) is 0 Å². The molecule has 0 saturated heterocycles. The van der Waals surface area contributed by atoms with E-state index in [4.69, 9.17) is 11.6 Å². The van der Waals surface area contributed by atoms with Gasteiger partial charge in [-0.25, -0.2) is 0 Å². The molecule has 0 saturated carbocycles. The van der Waals surface area contributed by atoms with Crippen LogP contribution in [0.4, 0.5) is 0 Å². The second-order valence-corrected chi connectivity index (χ2v) is 5.53. The summed E-state index contributed by atoms with van der Waals surface area (Å²) in [6.45, 7) is 4.09. The Hall–Kier alpha value is -1.60. The lowest BCUT2D eigenvalue weighted by atomic mass is 9.97. The topological polar surface area (TPSA) is 17.1 Å². The molecule has 0 amide bonds. The predicted octanol–water partition coefficient (Wildman–Crippen LogP) is 5.22. The molecule has 0 N–H and O–H groups in total. The number of benzene rings is 2. The lowest BCUT2D eigenvalue weighted by Crippen LogP contribution is -2.03. The summed E-state index contributed by atoms with van der Waals surface area (Å²) < 4.78 is 0. The number of ketones is 1. The van der Waals surface area contributed by atoms with Crippen molar-refractivity contribution in [1.29, 1.82) is 0 Å². The highest BCUT2D eigenvalue weighted by Gasteiger charge is 2.11. The summed E-state index contributed by atoms with van der Waals surface area (Å²) in [7, 11) is 0. The maximum atomic E-state index is 12.5. The van der Waals surface area contributed by atoms with E-state index in [1.807, 2.05) is 37.3 Å². The summed E-state index contributed by atoms with van der Waals surface area (Å²) in [4.78, 5) is 12.5. The molecular weight excluding hydrogens is 268 g/mol. The van der Waals surface area contributed by atoms with Crippen LogP contribution in [0, 0.1) is 6.92 Å². The van der Waals surface area contributed by atoms with Gasteiger partial charge in [-0.15, -0.1) is 0 Å². The van der Waals surface area contributed by atoms with Gasteiger partial charge in [-0.1, -0.05) is 49.2 Å². The first kappa shape index (κ1) is 14.8. The highest BCUT2D eigenvalue weighted by molar-refractivity contribution is 6.30. The Morgan fingerprint density at radius 1 is 1.10 bits per heavy atom. The van der Waals surface area contributed by atoms with Crippen LogP contribution in [0.3, 0.4) is 0 Å². The number of hydrogen-bond donors (Lipinski definition) is 0. The van der Waals surface area contributed by atoms with Crippen molar-refractivity contribution in [2.24, 2.45) is 0 Å². The van der Waals surface area contributed by atoms with Gasteiger partial charge in [0.05, 0.1) is 0 Å². The van der Waals surface area contributed by atoms with Crippen LogP contribution in [0.5, 0.6) is 0 Å². The van der Waals surface area contributed by atoms with Crippen molar-refractivity contribution >= 4 is 17.4 Å². The van der Waals surface area contributed by atoms with Gasteiger partial charge in [0.15, 0.2) is 5.78 Å². The largest absolute Gasteiger partial charge is 0.289 e. The maximum Gasteiger partial charge on any atom is 0.193 e. The highest BCUT2D eigenvalue weighted by atomic mass is 35.5. The van der Waals surface area contributed by atoms with Crippen LogP contribution in [0.2, 0.25) is 5.02 Å². The molecule has 2 aromatic rings. The maximum absolute atomic E-state index is 12.5. The predicted molar refractivity (Wildman–Crippen MR) is 84.7 cm³/mol. The third kappa shape index (κ3) is 3.49. The van der Waals surface area contributed by atoms with Crippen molar-refractivity contribution in [1.82, 2.24) is 0 Å². The fraction of sp³-hybridized carbons (Fsp3) is 0.278. The van der Waals surface area contributed by atoms with E-state index in [2.05, 4.69) is 6.92 Å². The third-order valence-corrected chi connectivity index (χ3v) is 3.70. The Morgan fingerprint density at radius 3 is 2.40 bits per heavy atom. The fourth-order valence-corrected chi connectivity index (χ4v) is 2.47. The standard InChI is InChI=1S/C18H19ClO/c1-3-4-5-14-6-8-15(9-7-14)18(20)17-11-10-16(19)12-13(17)2/h6-12H,3-5H2,1-2H3. The molecule has 0 fully saturated rings. The molecule has 0 aromatic heterocycles. The van der Waals surface area contributed by atoms with Gasteiger partial charge >= 0.3 is 0 Å². The van der Waals surface area contributed by atoms with Gasteiger partial charge < -0.3 is 0 Å². The van der Waals surface area contributed by atoms with Gasteiger partial charge in [0.1, 0.15) is 0 Å². The van der Waals surface area contributed by atoms with Gasteiger partial charge in [0.25, 0.3) is 0 Å². The van der Waals surface area contributed by atoms with E-state index in [0.717, 1.165) is 23.1 Å². The molecule has 0 atom stereocenters. The molecule has 2 rings (SSSR count). The second kappa shape index (κ2) is 6.71. The van der Waals surface area contributed by atoms with Gasteiger partial charge in [0, 0.05) is 16.1 Å². The average Bonchev–Trinajstić information content (AvgIpc) is 2.45. The Balaban J connectivity index is 2.20. The summed E-state index contributed by atoms with van der Waals surface area (Å²) in [5.74, 6) is 0.0567. The molecule has 2 aromatic carbocycles. The lowest BCUT2D eigenvalue weighted by molar-refractivity contribution is 0.103. The molecule has 0 spiro atoms. The minimum atomic E-state index is 0.0567. The van der Waals surface area contributed by atoms with Crippen LogP contribution < -0.4 is 0 Å². The first-order chi connectivity index (χ1) is 9.61. The average molecular weight is 287 g/mol. The third-order valence-electron chi connectivity index (χ3n) is 3.47. The van der Waals surface area contributed by atoms with Crippen LogP contribution in [-0.4, -0.2) is 5.78 Å². The normalized spacial score (nSPS) is 10.6. The number of hydrogen-bond acceptors (Lipinski definition) is 1. The van der Waals surface area contributed by atoms with Crippen LogP contribution >= 0.6 is 11.6 Å². The van der Waals surface area contributed by atoms with Gasteiger partial charge in [-0.05, 0) is 49.1 Å². The molecule has 2 heteroatoms. The van der Waals surface area contributed by atoms with Crippen LogP contribution in [0.1, 0.15) is 46.8 Å². The van der Waals surface area contributed by atoms with Crippen molar-refractivity contribution in [2.45, 2.75) is 33.1 Å². The minimum absolute atomic E-state index is 0.0567. The molecule has 0 bridgehead atoms. The van der Waals surface area contributed by atoms with Crippen molar-refractivity contribution in [2.75, 3.05) is 0 Å². The minimum Gasteiger partial charge on any atom is -0.289 e. The van der Waals surface area contributed by atoms with Crippen LogP contribution in [-0.2, 0) is 6.42 Å². The van der Waals surface area contributed by atoms with Crippen LogP contribution in [0.15, 0.2) is 42.5 Å². The molecule has 0 aliphatic rings. The summed E-state index contributed by atoms with van der Waals surface area (Å²) in [5, 5.41) is 0.661. The monoisotopic (exact) mass is 286 g/mol. The zero-order chi connectivity index (χ0) is 14.5. The van der Waals surface area contributed by atoms with Gasteiger partial charge in [-0.3, -0.25) is 4.79 Å². The lowest BCUT2D eigenvalue weighted by Gasteiger charge is -2.07. The second-order valence-electron chi connectivity index (χ2n) is 5.09. The summed E-state index contributed by atoms with van der Waals surface area (Å²) in [6.07, 6.45) is 3.44. The van der Waals surface area contributed by atoms with Gasteiger partial charge in [-0.2, -0.15) is 0 Å². The van der Waals surface area contributed by atoms with E-state index in [1.54, 1.807) is 12.1 Å². The molecule has 0 aliphatic heterocycles. The first-order valence-electron chi connectivity index (χ1n) is 7.01. The number of halogens is 1. The highest BCUT2D eigenvalue weighted by Crippen LogP contribution is 2.19. The van der Waals surface area contributed by atoms with E-state index in [0.29, 0.717) is 5.02 Å². The molecule has 104 valence electrons.